The minimum atomic E-state index is -0.213. The normalized spacial score (nSPS) is 18.4. The van der Waals surface area contributed by atoms with Gasteiger partial charge in [-0.1, -0.05) is 12.1 Å². The fraction of sp³-hybridized carbons (Fsp3) is 0.500. The van der Waals surface area contributed by atoms with Gasteiger partial charge in [0.2, 0.25) is 11.1 Å². The first kappa shape index (κ1) is 16.1. The van der Waals surface area contributed by atoms with Crippen LogP contribution in [-0.4, -0.2) is 35.7 Å². The molecule has 2 aromatic heterocycles. The molecular formula is C16H19ClN2O4. The maximum Gasteiger partial charge on any atom is 0.229 e. The summed E-state index contributed by atoms with van der Waals surface area (Å²) in [5.41, 5.74) is 1.27. The molecule has 124 valence electrons. The number of rotatable bonds is 4. The number of aromatic nitrogens is 1. The van der Waals surface area contributed by atoms with Crippen LogP contribution in [0.3, 0.4) is 0 Å². The summed E-state index contributed by atoms with van der Waals surface area (Å²) in [6, 6.07) is 3.64. The van der Waals surface area contributed by atoms with E-state index < -0.39 is 0 Å². The van der Waals surface area contributed by atoms with E-state index in [1.54, 1.807) is 11.8 Å². The first-order valence-electron chi connectivity index (χ1n) is 7.66. The summed E-state index contributed by atoms with van der Waals surface area (Å²) in [6.07, 6.45) is 0.975. The Bertz CT molecular complexity index is 675. The van der Waals surface area contributed by atoms with Crippen molar-refractivity contribution in [3.05, 3.63) is 40.1 Å². The molecule has 2 aromatic rings. The molecule has 0 saturated carbocycles. The predicted octanol–water partition coefficient (Wildman–Crippen LogP) is 2.93. The first-order chi connectivity index (χ1) is 11.1. The Hall–Kier alpha value is -1.79. The second-order valence-corrected chi connectivity index (χ2v) is 5.88. The summed E-state index contributed by atoms with van der Waals surface area (Å²) in [7, 11) is 0. The quantitative estimate of drug-likeness (QED) is 0.857. The van der Waals surface area contributed by atoms with Crippen molar-refractivity contribution in [2.24, 2.45) is 0 Å². The average Bonchev–Trinajstić information content (AvgIpc) is 3.16. The third kappa shape index (κ3) is 3.28. The lowest BCUT2D eigenvalue weighted by Crippen LogP contribution is -2.44. The third-order valence-electron chi connectivity index (χ3n) is 4.07. The highest BCUT2D eigenvalue weighted by atomic mass is 35.5. The fourth-order valence-corrected chi connectivity index (χ4v) is 2.95. The number of carbonyl (C=O) groups excluding carboxylic acids is 1. The molecule has 3 heterocycles. The lowest BCUT2D eigenvalue weighted by molar-refractivity contribution is -0.140. The predicted molar refractivity (Wildman–Crippen MR) is 83.3 cm³/mol. The number of aryl methyl sites for hydroxylation is 2. The van der Waals surface area contributed by atoms with Crippen LogP contribution in [-0.2, 0) is 22.4 Å². The molecule has 3 rings (SSSR count). The van der Waals surface area contributed by atoms with E-state index in [9.17, 15) is 4.79 Å². The van der Waals surface area contributed by atoms with E-state index in [2.05, 4.69) is 5.16 Å². The number of nitrogens with zero attached hydrogens (tertiary/aromatic N) is 2. The number of furan rings is 1. The molecule has 0 spiro atoms. The molecule has 0 aromatic carbocycles. The lowest BCUT2D eigenvalue weighted by Gasteiger charge is -2.34. The first-order valence-corrected chi connectivity index (χ1v) is 8.04. The highest BCUT2D eigenvalue weighted by Gasteiger charge is 2.31. The molecule has 1 amide bonds. The number of amides is 1. The maximum atomic E-state index is 12.7. The van der Waals surface area contributed by atoms with Crippen LogP contribution in [0.15, 0.2) is 21.1 Å². The second kappa shape index (κ2) is 6.76. The van der Waals surface area contributed by atoms with Crippen molar-refractivity contribution in [1.82, 2.24) is 10.1 Å². The lowest BCUT2D eigenvalue weighted by atomic mass is 10.1. The largest absolute Gasteiger partial charge is 0.464 e. The van der Waals surface area contributed by atoms with E-state index >= 15 is 0 Å². The molecule has 7 heteroatoms. The summed E-state index contributed by atoms with van der Waals surface area (Å²) >= 11 is 5.96. The Kier molecular flexibility index (Phi) is 4.73. The van der Waals surface area contributed by atoms with Crippen molar-refractivity contribution in [2.45, 2.75) is 32.7 Å². The highest BCUT2D eigenvalue weighted by Crippen LogP contribution is 2.28. The Morgan fingerprint density at radius 3 is 2.96 bits per heavy atom. The van der Waals surface area contributed by atoms with Crippen LogP contribution in [0.5, 0.6) is 0 Å². The number of hydrogen-bond acceptors (Lipinski definition) is 5. The van der Waals surface area contributed by atoms with Crippen molar-refractivity contribution in [3.63, 3.8) is 0 Å². The van der Waals surface area contributed by atoms with E-state index in [4.69, 9.17) is 25.3 Å². The van der Waals surface area contributed by atoms with Gasteiger partial charge in [-0.05, 0) is 30.7 Å². The second-order valence-electron chi connectivity index (χ2n) is 5.53. The SMILES string of the molecule is CCc1ccc(C2COCCN2C(=O)Cc2c(C)noc2Cl)o1. The Morgan fingerprint density at radius 1 is 1.48 bits per heavy atom. The van der Waals surface area contributed by atoms with E-state index in [1.807, 2.05) is 19.1 Å². The summed E-state index contributed by atoms with van der Waals surface area (Å²) in [5, 5.41) is 3.96. The van der Waals surface area contributed by atoms with Crippen LogP contribution in [0.1, 0.15) is 35.7 Å². The monoisotopic (exact) mass is 338 g/mol. The fourth-order valence-electron chi connectivity index (χ4n) is 2.71. The minimum absolute atomic E-state index is 0.0408. The zero-order valence-electron chi connectivity index (χ0n) is 13.2. The van der Waals surface area contributed by atoms with E-state index in [-0.39, 0.29) is 23.6 Å². The zero-order chi connectivity index (χ0) is 16.4. The average molecular weight is 339 g/mol. The van der Waals surface area contributed by atoms with Gasteiger partial charge in [-0.25, -0.2) is 0 Å². The Labute approximate surface area is 139 Å². The third-order valence-corrected chi connectivity index (χ3v) is 4.37. The van der Waals surface area contributed by atoms with E-state index in [0.717, 1.165) is 17.9 Å². The van der Waals surface area contributed by atoms with E-state index in [1.165, 1.54) is 0 Å². The number of halogens is 1. The molecule has 1 fully saturated rings. The van der Waals surface area contributed by atoms with Gasteiger partial charge in [0.1, 0.15) is 17.6 Å². The van der Waals surface area contributed by atoms with Crippen molar-refractivity contribution in [2.75, 3.05) is 19.8 Å². The van der Waals surface area contributed by atoms with Gasteiger partial charge in [0.15, 0.2) is 0 Å². The Morgan fingerprint density at radius 2 is 2.30 bits per heavy atom. The van der Waals surface area contributed by atoms with Crippen molar-refractivity contribution >= 4 is 17.5 Å². The molecule has 1 atom stereocenters. The zero-order valence-corrected chi connectivity index (χ0v) is 13.9. The van der Waals surface area contributed by atoms with Crippen LogP contribution >= 0.6 is 11.6 Å². The van der Waals surface area contributed by atoms with E-state index in [0.29, 0.717) is 31.0 Å². The van der Waals surface area contributed by atoms with Crippen LogP contribution in [0.4, 0.5) is 0 Å². The van der Waals surface area contributed by atoms with Gasteiger partial charge in [0.25, 0.3) is 0 Å². The van der Waals surface area contributed by atoms with Crippen LogP contribution in [0.2, 0.25) is 5.22 Å². The maximum absolute atomic E-state index is 12.7. The molecule has 1 aliphatic heterocycles. The molecule has 1 saturated heterocycles. The molecule has 1 unspecified atom stereocenters. The van der Waals surface area contributed by atoms with Crippen molar-refractivity contribution in [3.8, 4) is 0 Å². The van der Waals surface area contributed by atoms with Crippen LogP contribution < -0.4 is 0 Å². The van der Waals surface area contributed by atoms with Crippen molar-refractivity contribution < 1.29 is 18.5 Å². The summed E-state index contributed by atoms with van der Waals surface area (Å²) in [5.74, 6) is 1.61. The molecular weight excluding hydrogens is 320 g/mol. The summed E-state index contributed by atoms with van der Waals surface area (Å²) < 4.78 is 16.3. The standard InChI is InChI=1S/C16H19ClN2O4/c1-3-11-4-5-14(22-11)13-9-21-7-6-19(13)15(20)8-12-10(2)18-23-16(12)17/h4-5,13H,3,6-9H2,1-2H3. The van der Waals surface area contributed by atoms with Gasteiger partial charge in [0.05, 0.1) is 25.3 Å². The van der Waals surface area contributed by atoms with Gasteiger partial charge in [-0.2, -0.15) is 0 Å². The van der Waals surface area contributed by atoms with Gasteiger partial charge < -0.3 is 18.6 Å². The summed E-state index contributed by atoms with van der Waals surface area (Å²) in [4.78, 5) is 14.5. The molecule has 1 aliphatic rings. The number of ether oxygens (including phenoxy) is 1. The number of morpholine rings is 1. The van der Waals surface area contributed by atoms with Gasteiger partial charge in [-0.15, -0.1) is 0 Å². The molecule has 23 heavy (non-hydrogen) atoms. The topological polar surface area (TPSA) is 68.7 Å². The van der Waals surface area contributed by atoms with Gasteiger partial charge >= 0.3 is 0 Å². The smallest absolute Gasteiger partial charge is 0.229 e. The molecule has 0 bridgehead atoms. The van der Waals surface area contributed by atoms with Crippen LogP contribution in [0.25, 0.3) is 0 Å². The minimum Gasteiger partial charge on any atom is -0.464 e. The van der Waals surface area contributed by atoms with Crippen LogP contribution in [0, 0.1) is 6.92 Å². The molecule has 6 nitrogen and oxygen atoms in total. The van der Waals surface area contributed by atoms with Crippen molar-refractivity contribution in [1.29, 1.82) is 0 Å². The molecule has 0 aliphatic carbocycles. The summed E-state index contributed by atoms with van der Waals surface area (Å²) in [6.45, 7) is 5.26. The van der Waals surface area contributed by atoms with Gasteiger partial charge in [0, 0.05) is 18.5 Å². The highest BCUT2D eigenvalue weighted by molar-refractivity contribution is 6.29. The molecule has 0 N–H and O–H groups in total. The molecule has 0 radical (unpaired) electrons. The number of carbonyl (C=O) groups is 1. The number of hydrogen-bond donors (Lipinski definition) is 0. The van der Waals surface area contributed by atoms with Gasteiger partial charge in [-0.3, -0.25) is 4.79 Å². The Balaban J connectivity index is 1.79.